The number of ether oxygens (including phenoxy) is 4. The van der Waals surface area contributed by atoms with Gasteiger partial charge in [0, 0.05) is 24.4 Å². The van der Waals surface area contributed by atoms with Crippen LogP contribution in [0.25, 0.3) is 0 Å². The van der Waals surface area contributed by atoms with Crippen molar-refractivity contribution >= 4 is 5.91 Å². The van der Waals surface area contributed by atoms with Crippen molar-refractivity contribution in [1.29, 1.82) is 0 Å². The van der Waals surface area contributed by atoms with Crippen molar-refractivity contribution in [3.8, 4) is 17.2 Å². The second-order valence-electron chi connectivity index (χ2n) is 12.5. The number of hydrogen-bond donors (Lipinski definition) is 1. The zero-order valence-corrected chi connectivity index (χ0v) is 25.9. The second-order valence-corrected chi connectivity index (χ2v) is 12.5. The highest BCUT2D eigenvalue weighted by Gasteiger charge is 2.46. The van der Waals surface area contributed by atoms with E-state index in [1.807, 2.05) is 77.7 Å². The number of nitrogens with zero attached hydrogens (tertiary/aromatic N) is 1. The Morgan fingerprint density at radius 1 is 0.773 bits per heavy atom. The van der Waals surface area contributed by atoms with Gasteiger partial charge in [-0.15, -0.1) is 0 Å². The molecule has 0 radical (unpaired) electrons. The molecule has 7 heteroatoms. The van der Waals surface area contributed by atoms with Gasteiger partial charge in [0.25, 0.3) is 0 Å². The van der Waals surface area contributed by atoms with Crippen molar-refractivity contribution in [2.24, 2.45) is 23.2 Å². The summed E-state index contributed by atoms with van der Waals surface area (Å²) in [5, 5.41) is 10.8. The van der Waals surface area contributed by atoms with Crippen LogP contribution in [0.3, 0.4) is 0 Å². The van der Waals surface area contributed by atoms with Crippen molar-refractivity contribution in [2.75, 3.05) is 47.6 Å². The Kier molecular flexibility index (Phi) is 8.70. The molecule has 1 N–H and O–H groups in total. The molecule has 2 bridgehead atoms. The summed E-state index contributed by atoms with van der Waals surface area (Å²) in [6, 6.07) is 23.8. The van der Waals surface area contributed by atoms with E-state index in [-0.39, 0.29) is 18.4 Å². The topological polar surface area (TPSA) is 77.5 Å². The first-order valence-corrected chi connectivity index (χ1v) is 15.6. The van der Waals surface area contributed by atoms with E-state index in [4.69, 9.17) is 18.9 Å². The van der Waals surface area contributed by atoms with Crippen molar-refractivity contribution in [1.82, 2.24) is 4.90 Å². The molecule has 0 aromatic heterocycles. The highest BCUT2D eigenvalue weighted by molar-refractivity contribution is 5.80. The maximum absolute atomic E-state index is 13.5. The van der Waals surface area contributed by atoms with Gasteiger partial charge in [-0.05, 0) is 90.6 Å². The highest BCUT2D eigenvalue weighted by atomic mass is 16.5. The fraction of sp³-hybridized carbons (Fsp3) is 0.432. The average Bonchev–Trinajstić information content (AvgIpc) is 3.74. The lowest BCUT2D eigenvalue weighted by Crippen LogP contribution is -2.50. The number of methoxy groups -OCH3 is 3. The highest BCUT2D eigenvalue weighted by Crippen LogP contribution is 2.47. The van der Waals surface area contributed by atoms with Crippen LogP contribution in [0.15, 0.2) is 84.9 Å². The molecule has 232 valence electrons. The van der Waals surface area contributed by atoms with Gasteiger partial charge >= 0.3 is 0 Å². The van der Waals surface area contributed by atoms with Gasteiger partial charge in [-0.25, -0.2) is 0 Å². The van der Waals surface area contributed by atoms with E-state index in [2.05, 4.69) is 12.2 Å². The van der Waals surface area contributed by atoms with Crippen molar-refractivity contribution in [3.05, 3.63) is 102 Å². The number of aliphatic hydroxyl groups is 1. The molecular weight excluding hydrogens is 554 g/mol. The summed E-state index contributed by atoms with van der Waals surface area (Å²) in [5.41, 5.74) is 1.30. The van der Waals surface area contributed by atoms with Gasteiger partial charge in [0.1, 0.15) is 22.8 Å². The van der Waals surface area contributed by atoms with Crippen molar-refractivity contribution < 1.29 is 28.8 Å². The van der Waals surface area contributed by atoms with E-state index in [0.717, 1.165) is 46.8 Å². The fourth-order valence-corrected chi connectivity index (χ4v) is 7.34. The minimum atomic E-state index is -1.00. The predicted molar refractivity (Wildman–Crippen MR) is 169 cm³/mol. The fourth-order valence-electron chi connectivity index (χ4n) is 7.34. The van der Waals surface area contributed by atoms with E-state index >= 15 is 0 Å². The molecule has 44 heavy (non-hydrogen) atoms. The van der Waals surface area contributed by atoms with E-state index < -0.39 is 11.0 Å². The Bertz CT molecular complexity index is 1330. The minimum absolute atomic E-state index is 0.0180. The Morgan fingerprint density at radius 2 is 1.25 bits per heavy atom. The number of benzene rings is 3. The Labute approximate surface area is 260 Å². The van der Waals surface area contributed by atoms with Gasteiger partial charge in [-0.2, -0.15) is 0 Å². The number of fused-ring (bicyclic) bond motifs is 2. The number of amides is 1. The van der Waals surface area contributed by atoms with Crippen LogP contribution in [-0.4, -0.2) is 63.5 Å². The number of carbonyl (C=O) groups is 1. The smallest absolute Gasteiger partial charge is 0.226 e. The standard InChI is InChI=1S/C37H43NO6/c1-41-31-12-6-28(7-13-31)37(29-8-14-32(42-2)15-9-29,30-10-16-33(43-3)17-11-30)44-25-36(24-39)18-20-38(21-19-36)35(40)34-23-26-4-5-27(34)22-26/h4-17,26-27,34,39H,18-25H2,1-3H3. The third-order valence-corrected chi connectivity index (χ3v) is 10.2. The SMILES string of the molecule is COc1ccc(C(OCC2(CO)CCN(C(=O)C3CC4C=CC3C4)CC2)(c2ccc(OC)cc2)c2ccc(OC)cc2)cc1. The molecule has 6 rings (SSSR count). The van der Waals surface area contributed by atoms with Gasteiger partial charge in [-0.1, -0.05) is 48.6 Å². The largest absolute Gasteiger partial charge is 0.497 e. The molecule has 3 aromatic rings. The quantitative estimate of drug-likeness (QED) is 0.221. The van der Waals surface area contributed by atoms with Crippen LogP contribution in [0, 0.1) is 23.2 Å². The number of piperidine rings is 1. The van der Waals surface area contributed by atoms with Crippen LogP contribution in [0.1, 0.15) is 42.4 Å². The van der Waals surface area contributed by atoms with Crippen LogP contribution in [0.5, 0.6) is 17.2 Å². The number of hydrogen-bond acceptors (Lipinski definition) is 6. The van der Waals surface area contributed by atoms with Gasteiger partial charge in [0.05, 0.1) is 34.5 Å². The Morgan fingerprint density at radius 3 is 1.61 bits per heavy atom. The molecule has 7 nitrogen and oxygen atoms in total. The monoisotopic (exact) mass is 597 g/mol. The third kappa shape index (κ3) is 5.59. The van der Waals surface area contributed by atoms with Crippen molar-refractivity contribution in [2.45, 2.75) is 31.3 Å². The first kappa shape index (κ1) is 30.2. The molecule has 2 fully saturated rings. The Balaban J connectivity index is 1.32. The summed E-state index contributed by atoms with van der Waals surface area (Å²) >= 11 is 0. The molecule has 1 amide bonds. The van der Waals surface area contributed by atoms with E-state index in [1.54, 1.807) is 21.3 Å². The molecule has 3 unspecified atom stereocenters. The third-order valence-electron chi connectivity index (χ3n) is 10.2. The lowest BCUT2D eigenvalue weighted by atomic mass is 9.77. The predicted octanol–water partition coefficient (Wildman–Crippen LogP) is 5.83. The van der Waals surface area contributed by atoms with Gasteiger partial charge in [0.2, 0.25) is 5.91 Å². The molecule has 2 aliphatic carbocycles. The minimum Gasteiger partial charge on any atom is -0.497 e. The summed E-state index contributed by atoms with van der Waals surface area (Å²) in [6.45, 7) is 1.55. The summed E-state index contributed by atoms with van der Waals surface area (Å²) in [7, 11) is 4.96. The zero-order valence-electron chi connectivity index (χ0n) is 25.9. The van der Waals surface area contributed by atoms with Crippen molar-refractivity contribution in [3.63, 3.8) is 0 Å². The molecular formula is C37H43NO6. The molecule has 1 heterocycles. The molecule has 1 saturated carbocycles. The Hall–Kier alpha value is -3.81. The van der Waals surface area contributed by atoms with Gasteiger partial charge in [-0.3, -0.25) is 4.79 Å². The molecule has 3 atom stereocenters. The summed E-state index contributed by atoms with van der Waals surface area (Å²) in [6.07, 6.45) is 7.95. The number of rotatable bonds is 11. The van der Waals surface area contributed by atoms with E-state index in [1.165, 1.54) is 0 Å². The lowest BCUT2D eigenvalue weighted by Gasteiger charge is -2.44. The van der Waals surface area contributed by atoms with Gasteiger partial charge < -0.3 is 29.0 Å². The number of aliphatic hydroxyl groups excluding tert-OH is 1. The van der Waals surface area contributed by atoms with E-state index in [0.29, 0.717) is 44.4 Å². The van der Waals surface area contributed by atoms with E-state index in [9.17, 15) is 9.90 Å². The van der Waals surface area contributed by atoms with Crippen LogP contribution >= 0.6 is 0 Å². The van der Waals surface area contributed by atoms with Gasteiger partial charge in [0.15, 0.2) is 0 Å². The molecule has 1 saturated heterocycles. The number of likely N-dealkylation sites (tertiary alicyclic amines) is 1. The molecule has 3 aliphatic rings. The second kappa shape index (κ2) is 12.7. The maximum atomic E-state index is 13.5. The maximum Gasteiger partial charge on any atom is 0.226 e. The summed E-state index contributed by atoms with van der Waals surface area (Å²) < 4.78 is 23.6. The summed E-state index contributed by atoms with van der Waals surface area (Å²) in [4.78, 5) is 15.5. The first-order chi connectivity index (χ1) is 21.4. The molecule has 1 aliphatic heterocycles. The molecule has 0 spiro atoms. The number of allylic oxidation sites excluding steroid dienone is 2. The van der Waals surface area contributed by atoms with Crippen LogP contribution in [0.4, 0.5) is 0 Å². The molecule has 3 aromatic carbocycles. The normalized spacial score (nSPS) is 22.2. The summed E-state index contributed by atoms with van der Waals surface area (Å²) in [5.74, 6) is 3.59. The average molecular weight is 598 g/mol. The first-order valence-electron chi connectivity index (χ1n) is 15.6. The lowest BCUT2D eigenvalue weighted by molar-refractivity contribution is -0.141. The van der Waals surface area contributed by atoms with Crippen LogP contribution < -0.4 is 14.2 Å². The van der Waals surface area contributed by atoms with Crippen LogP contribution in [0.2, 0.25) is 0 Å². The number of carbonyl (C=O) groups excluding carboxylic acids is 1. The zero-order chi connectivity index (χ0) is 30.7. The van der Waals surface area contributed by atoms with Crippen LogP contribution in [-0.2, 0) is 15.1 Å².